The molecule has 1 fully saturated rings. The van der Waals surface area contributed by atoms with Gasteiger partial charge < -0.3 is 15.1 Å². The van der Waals surface area contributed by atoms with E-state index in [1.165, 1.54) is 0 Å². The minimum Gasteiger partial charge on any atom is -0.352 e. The van der Waals surface area contributed by atoms with Crippen molar-refractivity contribution in [3.63, 3.8) is 0 Å². The third-order valence-electron chi connectivity index (χ3n) is 4.35. The van der Waals surface area contributed by atoms with Gasteiger partial charge in [-0.1, -0.05) is 26.8 Å². The summed E-state index contributed by atoms with van der Waals surface area (Å²) in [4.78, 5) is 20.8. The van der Waals surface area contributed by atoms with E-state index in [2.05, 4.69) is 25.4 Å². The Morgan fingerprint density at radius 1 is 1.00 bits per heavy atom. The van der Waals surface area contributed by atoms with Gasteiger partial charge in [-0.3, -0.25) is 4.79 Å². The summed E-state index contributed by atoms with van der Waals surface area (Å²) in [7, 11) is 0. The summed E-state index contributed by atoms with van der Waals surface area (Å²) in [6.07, 6.45) is 1.81. The second kappa shape index (κ2) is 7.27. The van der Waals surface area contributed by atoms with E-state index < -0.39 is 0 Å². The Labute approximate surface area is 154 Å². The van der Waals surface area contributed by atoms with Crippen molar-refractivity contribution in [2.24, 2.45) is 5.41 Å². The predicted molar refractivity (Wildman–Crippen MR) is 103 cm³/mol. The molecular weight excluding hydrogens is 328 g/mol. The molecule has 26 heavy (non-hydrogen) atoms. The first-order valence-electron chi connectivity index (χ1n) is 8.91. The molecule has 7 heteroatoms. The first-order valence-corrected chi connectivity index (χ1v) is 8.91. The monoisotopic (exact) mass is 354 g/mol. The van der Waals surface area contributed by atoms with Crippen LogP contribution in [0, 0.1) is 12.3 Å². The van der Waals surface area contributed by atoms with Crippen molar-refractivity contribution in [2.45, 2.75) is 27.7 Å². The summed E-state index contributed by atoms with van der Waals surface area (Å²) in [5, 5.41) is 11.7. The molecule has 138 valence electrons. The molecule has 0 bridgehead atoms. The van der Waals surface area contributed by atoms with E-state index in [-0.39, 0.29) is 11.3 Å². The number of nitrogens with one attached hydrogen (secondary N) is 1. The van der Waals surface area contributed by atoms with Crippen molar-refractivity contribution >= 4 is 23.4 Å². The van der Waals surface area contributed by atoms with Gasteiger partial charge in [0.2, 0.25) is 5.91 Å². The number of hydrogen-bond acceptors (Lipinski definition) is 6. The molecule has 2 aromatic heterocycles. The lowest BCUT2D eigenvalue weighted by atomic mass is 9.94. The van der Waals surface area contributed by atoms with E-state index in [1.54, 1.807) is 0 Å². The molecule has 0 atom stereocenters. The van der Waals surface area contributed by atoms with E-state index in [0.717, 1.165) is 30.3 Å². The fourth-order valence-corrected chi connectivity index (χ4v) is 2.85. The summed E-state index contributed by atoms with van der Waals surface area (Å²) in [6, 6.07) is 7.76. The molecule has 1 aliphatic heterocycles. The van der Waals surface area contributed by atoms with Gasteiger partial charge in [-0.25, -0.2) is 4.98 Å². The van der Waals surface area contributed by atoms with Crippen LogP contribution in [0.1, 0.15) is 26.3 Å². The number of nitrogens with zero attached hydrogens (tertiary/aromatic N) is 5. The van der Waals surface area contributed by atoms with Crippen LogP contribution in [0.5, 0.6) is 0 Å². The number of piperazine rings is 1. The highest BCUT2D eigenvalue weighted by atomic mass is 16.2. The molecule has 1 saturated heterocycles. The number of pyridine rings is 1. The lowest BCUT2D eigenvalue weighted by Crippen LogP contribution is -2.51. The van der Waals surface area contributed by atoms with Crippen LogP contribution in [-0.2, 0) is 4.79 Å². The number of aromatic nitrogens is 3. The zero-order valence-corrected chi connectivity index (χ0v) is 15.9. The average molecular weight is 354 g/mol. The van der Waals surface area contributed by atoms with Crippen LogP contribution in [0.25, 0.3) is 0 Å². The molecule has 0 spiro atoms. The van der Waals surface area contributed by atoms with E-state index >= 15 is 0 Å². The first-order chi connectivity index (χ1) is 12.3. The fraction of sp³-hybridized carbons (Fsp3) is 0.474. The molecule has 0 aliphatic carbocycles. The average Bonchev–Trinajstić information content (AvgIpc) is 2.63. The van der Waals surface area contributed by atoms with E-state index in [4.69, 9.17) is 0 Å². The van der Waals surface area contributed by atoms with Gasteiger partial charge >= 0.3 is 0 Å². The topological polar surface area (TPSA) is 74.2 Å². The number of anilines is 3. The lowest BCUT2D eigenvalue weighted by molar-refractivity contribution is -0.139. The zero-order chi connectivity index (χ0) is 18.7. The molecule has 2 aromatic rings. The molecule has 1 N–H and O–H groups in total. The molecule has 0 unspecified atom stereocenters. The number of hydrogen-bond donors (Lipinski definition) is 1. The quantitative estimate of drug-likeness (QED) is 0.913. The smallest absolute Gasteiger partial charge is 0.228 e. The predicted octanol–water partition coefficient (Wildman–Crippen LogP) is 2.62. The second-order valence-electron chi connectivity index (χ2n) is 7.65. The van der Waals surface area contributed by atoms with Crippen molar-refractivity contribution in [1.82, 2.24) is 20.1 Å². The van der Waals surface area contributed by atoms with Gasteiger partial charge in [-0.15, -0.1) is 10.2 Å². The van der Waals surface area contributed by atoms with Gasteiger partial charge in [0.25, 0.3) is 0 Å². The van der Waals surface area contributed by atoms with Gasteiger partial charge in [0.05, 0.1) is 0 Å². The second-order valence-corrected chi connectivity index (χ2v) is 7.65. The fourth-order valence-electron chi connectivity index (χ4n) is 2.85. The minimum atomic E-state index is -0.334. The van der Waals surface area contributed by atoms with Gasteiger partial charge in [-0.2, -0.15) is 0 Å². The summed E-state index contributed by atoms with van der Waals surface area (Å²) in [5.74, 6) is 2.43. The van der Waals surface area contributed by atoms with E-state index in [1.807, 2.05) is 63.1 Å². The maximum absolute atomic E-state index is 12.4. The highest BCUT2D eigenvalue weighted by Crippen LogP contribution is 2.21. The van der Waals surface area contributed by atoms with Crippen molar-refractivity contribution in [3.05, 3.63) is 36.0 Å². The van der Waals surface area contributed by atoms with Crippen molar-refractivity contribution < 1.29 is 4.79 Å². The largest absolute Gasteiger partial charge is 0.352 e. The Kier molecular flexibility index (Phi) is 5.06. The molecule has 0 radical (unpaired) electrons. The van der Waals surface area contributed by atoms with Crippen molar-refractivity contribution in [1.29, 1.82) is 0 Å². The summed E-state index contributed by atoms with van der Waals surface area (Å²) >= 11 is 0. The van der Waals surface area contributed by atoms with Crippen molar-refractivity contribution in [3.8, 4) is 0 Å². The number of aryl methyl sites for hydroxylation is 1. The first kappa shape index (κ1) is 18.1. The maximum atomic E-state index is 12.4. The van der Waals surface area contributed by atoms with Crippen LogP contribution in [0.15, 0.2) is 30.5 Å². The summed E-state index contributed by atoms with van der Waals surface area (Å²) in [6.45, 7) is 10.8. The lowest BCUT2D eigenvalue weighted by Gasteiger charge is -2.38. The third kappa shape index (κ3) is 4.28. The van der Waals surface area contributed by atoms with Crippen molar-refractivity contribution in [2.75, 3.05) is 36.4 Å². The number of carbonyl (C=O) groups excluding carboxylic acids is 1. The summed E-state index contributed by atoms with van der Waals surface area (Å²) < 4.78 is 0. The molecule has 1 aliphatic rings. The molecule has 0 aromatic carbocycles. The van der Waals surface area contributed by atoms with Crippen LogP contribution in [0.3, 0.4) is 0 Å². The molecule has 7 nitrogen and oxygen atoms in total. The van der Waals surface area contributed by atoms with E-state index in [0.29, 0.717) is 18.9 Å². The number of carbonyl (C=O) groups is 1. The Hall–Kier alpha value is -2.70. The number of amides is 1. The van der Waals surface area contributed by atoms with Gasteiger partial charge in [0.15, 0.2) is 11.6 Å². The van der Waals surface area contributed by atoms with Crippen LogP contribution in [-0.4, -0.2) is 52.2 Å². The van der Waals surface area contributed by atoms with Crippen LogP contribution in [0.2, 0.25) is 0 Å². The van der Waals surface area contributed by atoms with Crippen LogP contribution in [0.4, 0.5) is 17.5 Å². The van der Waals surface area contributed by atoms with Gasteiger partial charge in [0.1, 0.15) is 5.82 Å². The maximum Gasteiger partial charge on any atom is 0.228 e. The highest BCUT2D eigenvalue weighted by Gasteiger charge is 2.29. The molecule has 0 saturated carbocycles. The Morgan fingerprint density at radius 3 is 2.23 bits per heavy atom. The molecule has 3 rings (SSSR count). The van der Waals surface area contributed by atoms with Gasteiger partial charge in [-0.05, 0) is 30.7 Å². The minimum absolute atomic E-state index is 0.202. The molecule has 3 heterocycles. The third-order valence-corrected chi connectivity index (χ3v) is 4.35. The summed E-state index contributed by atoms with van der Waals surface area (Å²) in [5.41, 5.74) is 0.778. The van der Waals surface area contributed by atoms with E-state index in [9.17, 15) is 4.79 Å². The standard InChI is InChI=1S/C19H26N6O/c1-14-5-6-15(20-13-14)21-16-7-8-17(23-22-16)24-9-11-25(12-10-24)18(26)19(2,3)4/h5-8,13H,9-12H2,1-4H3,(H,20,21,22). The van der Waals surface area contributed by atoms with Gasteiger partial charge in [0, 0.05) is 37.8 Å². The Morgan fingerprint density at radius 2 is 1.69 bits per heavy atom. The van der Waals surface area contributed by atoms with Crippen LogP contribution < -0.4 is 10.2 Å². The Balaban J connectivity index is 1.58. The zero-order valence-electron chi connectivity index (χ0n) is 15.9. The highest BCUT2D eigenvalue weighted by molar-refractivity contribution is 5.81. The Bertz CT molecular complexity index is 743. The number of rotatable bonds is 3. The molecule has 1 amide bonds. The van der Waals surface area contributed by atoms with Crippen LogP contribution >= 0.6 is 0 Å². The molecular formula is C19H26N6O. The normalized spacial score (nSPS) is 15.1. The SMILES string of the molecule is Cc1ccc(Nc2ccc(N3CCN(C(=O)C(C)(C)C)CC3)nn2)nc1.